The van der Waals surface area contributed by atoms with Gasteiger partial charge in [0.2, 0.25) is 0 Å². The van der Waals surface area contributed by atoms with Gasteiger partial charge >= 0.3 is 0 Å². The Morgan fingerprint density at radius 3 is 2.92 bits per heavy atom. The first-order valence-corrected chi connectivity index (χ1v) is 4.79. The largest absolute Gasteiger partial charge is 0.393 e. The Bertz CT molecular complexity index is 200. The van der Waals surface area contributed by atoms with E-state index in [0.29, 0.717) is 18.0 Å². The molecule has 1 unspecified atom stereocenters. The van der Waals surface area contributed by atoms with Crippen molar-refractivity contribution in [2.24, 2.45) is 0 Å². The van der Waals surface area contributed by atoms with Gasteiger partial charge < -0.3 is 5.11 Å². The maximum Gasteiger partial charge on any atom is 0.146 e. The van der Waals surface area contributed by atoms with Gasteiger partial charge in [0.05, 0.1) is 6.61 Å². The summed E-state index contributed by atoms with van der Waals surface area (Å²) in [6.07, 6.45) is 1.20. The van der Waals surface area contributed by atoms with Crippen LogP contribution in [0.5, 0.6) is 0 Å². The zero-order valence-electron chi connectivity index (χ0n) is 7.60. The highest BCUT2D eigenvalue weighted by Crippen LogP contribution is 2.25. The van der Waals surface area contributed by atoms with E-state index in [1.165, 1.54) is 0 Å². The lowest BCUT2D eigenvalue weighted by Crippen LogP contribution is -2.47. The number of rotatable bonds is 3. The molecular formula is C9H15ClFNO. The topological polar surface area (TPSA) is 23.5 Å². The van der Waals surface area contributed by atoms with Crippen LogP contribution in [0.4, 0.5) is 4.39 Å². The Morgan fingerprint density at radius 1 is 1.69 bits per heavy atom. The molecule has 0 aromatic carbocycles. The van der Waals surface area contributed by atoms with Crippen LogP contribution in [0.15, 0.2) is 11.6 Å². The van der Waals surface area contributed by atoms with Gasteiger partial charge in [-0.1, -0.05) is 18.2 Å². The summed E-state index contributed by atoms with van der Waals surface area (Å²) in [7, 11) is 0. The van der Waals surface area contributed by atoms with Gasteiger partial charge in [-0.3, -0.25) is 4.90 Å². The van der Waals surface area contributed by atoms with Gasteiger partial charge in [-0.25, -0.2) is 4.39 Å². The summed E-state index contributed by atoms with van der Waals surface area (Å²) < 4.78 is 13.6. The fourth-order valence-corrected chi connectivity index (χ4v) is 1.85. The number of nitrogens with zero attached hydrogens (tertiary/aromatic N) is 1. The molecule has 0 spiro atoms. The van der Waals surface area contributed by atoms with Crippen molar-refractivity contribution < 1.29 is 9.50 Å². The minimum atomic E-state index is -1.44. The lowest BCUT2D eigenvalue weighted by Gasteiger charge is -2.35. The van der Waals surface area contributed by atoms with Crippen LogP contribution in [0.3, 0.4) is 0 Å². The lowest BCUT2D eigenvalue weighted by molar-refractivity contribution is 0.00246. The molecule has 4 heteroatoms. The molecule has 2 nitrogen and oxygen atoms in total. The Balaban J connectivity index is 2.46. The average Bonchev–Trinajstić information content (AvgIpc) is 2.03. The van der Waals surface area contributed by atoms with Crippen LogP contribution in [0.25, 0.3) is 0 Å². The van der Waals surface area contributed by atoms with E-state index in [1.807, 2.05) is 4.90 Å². The Labute approximate surface area is 83.0 Å². The Hall–Kier alpha value is -0.120. The van der Waals surface area contributed by atoms with E-state index < -0.39 is 12.3 Å². The molecule has 1 N–H and O–H groups in total. The molecular weight excluding hydrogens is 193 g/mol. The summed E-state index contributed by atoms with van der Waals surface area (Å²) in [5.74, 6) is 0. The van der Waals surface area contributed by atoms with E-state index in [4.69, 9.17) is 16.7 Å². The van der Waals surface area contributed by atoms with Gasteiger partial charge in [0.15, 0.2) is 0 Å². The third-order valence-corrected chi connectivity index (χ3v) is 2.40. The zero-order chi connectivity index (χ0) is 9.90. The van der Waals surface area contributed by atoms with Crippen molar-refractivity contribution in [1.29, 1.82) is 0 Å². The van der Waals surface area contributed by atoms with Crippen molar-refractivity contribution >= 4 is 11.6 Å². The molecule has 1 atom stereocenters. The summed E-state index contributed by atoms with van der Waals surface area (Å²) >= 11 is 5.63. The van der Waals surface area contributed by atoms with Gasteiger partial charge in [0.25, 0.3) is 0 Å². The number of hydrogen-bond donors (Lipinski definition) is 1. The molecule has 1 aliphatic heterocycles. The second-order valence-corrected chi connectivity index (χ2v) is 4.17. The van der Waals surface area contributed by atoms with Gasteiger partial charge in [-0.15, -0.1) is 0 Å². The van der Waals surface area contributed by atoms with E-state index in [9.17, 15) is 4.39 Å². The van der Waals surface area contributed by atoms with Crippen molar-refractivity contribution in [3.63, 3.8) is 0 Å². The van der Waals surface area contributed by atoms with E-state index in [0.717, 1.165) is 13.0 Å². The smallest absolute Gasteiger partial charge is 0.146 e. The van der Waals surface area contributed by atoms with Crippen molar-refractivity contribution in [3.05, 3.63) is 11.6 Å². The van der Waals surface area contributed by atoms with Crippen molar-refractivity contribution in [2.45, 2.75) is 18.5 Å². The fourth-order valence-electron chi connectivity index (χ4n) is 1.68. The summed E-state index contributed by atoms with van der Waals surface area (Å²) in [6, 6.07) is 0. The number of aliphatic hydroxyl groups excluding tert-OH is 1. The number of hydrogen-bond acceptors (Lipinski definition) is 2. The predicted molar refractivity (Wildman–Crippen MR) is 51.6 cm³/mol. The second-order valence-electron chi connectivity index (χ2n) is 3.64. The molecule has 1 heterocycles. The standard InChI is InChI=1S/C9H15ClFNO/c1-8(10)5-12-4-2-3-9(11,6-12)7-13/h13H,1-7H2. The van der Waals surface area contributed by atoms with Crippen LogP contribution in [-0.2, 0) is 0 Å². The molecule has 1 saturated heterocycles. The molecule has 0 aromatic rings. The molecule has 0 aromatic heterocycles. The number of aliphatic hydroxyl groups is 1. The van der Waals surface area contributed by atoms with E-state index in [2.05, 4.69) is 6.58 Å². The number of alkyl halides is 1. The maximum absolute atomic E-state index is 13.6. The highest BCUT2D eigenvalue weighted by atomic mass is 35.5. The molecule has 1 rings (SSSR count). The molecule has 0 amide bonds. The first kappa shape index (κ1) is 11.0. The molecule has 1 fully saturated rings. The van der Waals surface area contributed by atoms with Gasteiger partial charge in [-0.05, 0) is 19.4 Å². The SMILES string of the molecule is C=C(Cl)CN1CCCC(F)(CO)C1. The van der Waals surface area contributed by atoms with Crippen molar-refractivity contribution in [3.8, 4) is 0 Å². The molecule has 0 radical (unpaired) electrons. The quantitative estimate of drug-likeness (QED) is 0.759. The molecule has 1 aliphatic rings. The number of piperidine rings is 1. The summed E-state index contributed by atoms with van der Waals surface area (Å²) in [6.45, 7) is 4.75. The van der Waals surface area contributed by atoms with E-state index in [-0.39, 0.29) is 6.54 Å². The molecule has 76 valence electrons. The third-order valence-electron chi connectivity index (χ3n) is 2.28. The lowest BCUT2D eigenvalue weighted by atomic mass is 9.96. The average molecular weight is 208 g/mol. The number of likely N-dealkylation sites (tertiary alicyclic amines) is 1. The van der Waals surface area contributed by atoms with Crippen LogP contribution in [0.2, 0.25) is 0 Å². The van der Waals surface area contributed by atoms with Gasteiger partial charge in [0, 0.05) is 18.1 Å². The maximum atomic E-state index is 13.6. The second kappa shape index (κ2) is 4.40. The van der Waals surface area contributed by atoms with Crippen LogP contribution < -0.4 is 0 Å². The fraction of sp³-hybridized carbons (Fsp3) is 0.778. The predicted octanol–water partition coefficient (Wildman–Crippen LogP) is 1.54. The van der Waals surface area contributed by atoms with Gasteiger partial charge in [-0.2, -0.15) is 0 Å². The summed E-state index contributed by atoms with van der Waals surface area (Å²) in [5, 5.41) is 9.36. The summed E-state index contributed by atoms with van der Waals surface area (Å²) in [5.41, 5.74) is -1.44. The summed E-state index contributed by atoms with van der Waals surface area (Å²) in [4.78, 5) is 1.88. The van der Waals surface area contributed by atoms with Crippen molar-refractivity contribution in [2.75, 3.05) is 26.2 Å². The number of halogens is 2. The first-order chi connectivity index (χ1) is 6.06. The Morgan fingerprint density at radius 2 is 2.38 bits per heavy atom. The highest BCUT2D eigenvalue weighted by molar-refractivity contribution is 6.29. The molecule has 0 saturated carbocycles. The minimum absolute atomic E-state index is 0.259. The van der Waals surface area contributed by atoms with Crippen LogP contribution in [0.1, 0.15) is 12.8 Å². The molecule has 0 aliphatic carbocycles. The van der Waals surface area contributed by atoms with Crippen LogP contribution in [-0.4, -0.2) is 41.9 Å². The highest BCUT2D eigenvalue weighted by Gasteiger charge is 2.34. The van der Waals surface area contributed by atoms with Crippen molar-refractivity contribution in [1.82, 2.24) is 4.90 Å². The minimum Gasteiger partial charge on any atom is -0.393 e. The first-order valence-electron chi connectivity index (χ1n) is 4.41. The Kier molecular flexibility index (Phi) is 3.71. The van der Waals surface area contributed by atoms with E-state index >= 15 is 0 Å². The van der Waals surface area contributed by atoms with Gasteiger partial charge in [0.1, 0.15) is 5.67 Å². The molecule has 13 heavy (non-hydrogen) atoms. The normalized spacial score (nSPS) is 30.4. The third kappa shape index (κ3) is 3.25. The monoisotopic (exact) mass is 207 g/mol. The molecule has 0 bridgehead atoms. The van der Waals surface area contributed by atoms with E-state index in [1.54, 1.807) is 0 Å². The van der Waals surface area contributed by atoms with Crippen LogP contribution >= 0.6 is 11.6 Å². The zero-order valence-corrected chi connectivity index (χ0v) is 8.36. The van der Waals surface area contributed by atoms with Crippen LogP contribution in [0, 0.1) is 0 Å².